The van der Waals surface area contributed by atoms with Gasteiger partial charge in [-0.1, -0.05) is 5.16 Å². The molecule has 0 aliphatic carbocycles. The van der Waals surface area contributed by atoms with Crippen LogP contribution in [0, 0.1) is 0 Å². The number of piperazine rings is 1. The second-order valence-electron chi connectivity index (χ2n) is 3.40. The van der Waals surface area contributed by atoms with E-state index in [4.69, 9.17) is 9.63 Å². The number of carboxylic acids is 1. The Morgan fingerprint density at radius 2 is 2.56 bits per heavy atom. The van der Waals surface area contributed by atoms with E-state index in [1.807, 2.05) is 0 Å². The minimum Gasteiger partial charge on any atom is -0.480 e. The van der Waals surface area contributed by atoms with Crippen molar-refractivity contribution in [1.82, 2.24) is 20.4 Å². The predicted octanol–water partition coefficient (Wildman–Crippen LogP) is -1.55. The summed E-state index contributed by atoms with van der Waals surface area (Å²) >= 11 is 0. The third-order valence-electron chi connectivity index (χ3n) is 2.31. The average Bonchev–Trinajstić information content (AvgIpc) is 2.70. The summed E-state index contributed by atoms with van der Waals surface area (Å²) in [5, 5.41) is 14.9. The van der Waals surface area contributed by atoms with Gasteiger partial charge in [-0.05, 0) is 0 Å². The minimum absolute atomic E-state index is 0.0132. The van der Waals surface area contributed by atoms with Crippen molar-refractivity contribution in [3.05, 3.63) is 12.2 Å². The lowest BCUT2D eigenvalue weighted by Crippen LogP contribution is -2.56. The van der Waals surface area contributed by atoms with Crippen molar-refractivity contribution in [1.29, 1.82) is 0 Å². The molecule has 86 valence electrons. The first-order valence-electron chi connectivity index (χ1n) is 4.66. The Hall–Kier alpha value is -1.96. The molecule has 2 N–H and O–H groups in total. The summed E-state index contributed by atoms with van der Waals surface area (Å²) < 4.78 is 4.77. The molecule has 1 atom stereocenters. The van der Waals surface area contributed by atoms with E-state index >= 15 is 0 Å². The lowest BCUT2D eigenvalue weighted by Gasteiger charge is -2.31. The number of carboxylic acid groups (broad SMARTS) is 1. The molecule has 1 fully saturated rings. The number of hydrogen-bond acceptors (Lipinski definition) is 6. The number of carbonyl (C=O) groups excluding carboxylic acids is 1. The number of carbonyl (C=O) groups is 2. The van der Waals surface area contributed by atoms with Crippen molar-refractivity contribution in [3.8, 4) is 0 Å². The molecule has 1 saturated heterocycles. The zero-order chi connectivity index (χ0) is 11.5. The number of hydrogen-bond donors (Lipinski definition) is 2. The van der Waals surface area contributed by atoms with E-state index in [2.05, 4.69) is 15.5 Å². The van der Waals surface area contributed by atoms with Gasteiger partial charge in [-0.3, -0.25) is 14.5 Å². The van der Waals surface area contributed by atoms with Crippen LogP contribution in [0.1, 0.15) is 5.89 Å². The first kappa shape index (κ1) is 10.6. The second kappa shape index (κ2) is 4.27. The molecule has 1 aromatic heterocycles. The molecule has 8 heteroatoms. The maximum Gasteiger partial charge on any atom is 0.322 e. The summed E-state index contributed by atoms with van der Waals surface area (Å²) in [5.74, 6) is -0.905. The molecule has 1 amide bonds. The molecule has 2 heterocycles. The molecule has 1 aliphatic rings. The molecular weight excluding hydrogens is 216 g/mol. The van der Waals surface area contributed by atoms with Gasteiger partial charge in [0.05, 0.1) is 13.1 Å². The van der Waals surface area contributed by atoms with Crippen LogP contribution in [0.15, 0.2) is 10.9 Å². The van der Waals surface area contributed by atoms with Crippen LogP contribution >= 0.6 is 0 Å². The number of nitrogens with zero attached hydrogens (tertiary/aromatic N) is 3. The molecule has 0 radical (unpaired) electrons. The van der Waals surface area contributed by atoms with E-state index in [-0.39, 0.29) is 25.5 Å². The number of amides is 1. The summed E-state index contributed by atoms with van der Waals surface area (Å²) in [6.07, 6.45) is 1.23. The molecule has 0 bridgehead atoms. The van der Waals surface area contributed by atoms with Crippen molar-refractivity contribution in [2.75, 3.05) is 13.1 Å². The third kappa shape index (κ3) is 2.16. The van der Waals surface area contributed by atoms with Crippen molar-refractivity contribution in [2.24, 2.45) is 0 Å². The number of rotatable bonds is 3. The monoisotopic (exact) mass is 226 g/mol. The van der Waals surface area contributed by atoms with Gasteiger partial charge in [-0.2, -0.15) is 4.98 Å². The van der Waals surface area contributed by atoms with E-state index < -0.39 is 12.0 Å². The largest absolute Gasteiger partial charge is 0.480 e. The summed E-state index contributed by atoms with van der Waals surface area (Å²) in [5.41, 5.74) is 0. The topological polar surface area (TPSA) is 109 Å². The van der Waals surface area contributed by atoms with Crippen molar-refractivity contribution in [3.63, 3.8) is 0 Å². The van der Waals surface area contributed by atoms with Gasteiger partial charge in [0.15, 0.2) is 6.33 Å². The van der Waals surface area contributed by atoms with Crippen LogP contribution in [0.3, 0.4) is 0 Å². The fourth-order valence-electron chi connectivity index (χ4n) is 1.54. The fraction of sp³-hybridized carbons (Fsp3) is 0.500. The molecule has 1 unspecified atom stereocenters. The SMILES string of the molecule is O=C1CN(Cc2ncno2)C(C(=O)O)CN1. The van der Waals surface area contributed by atoms with Crippen molar-refractivity contribution in [2.45, 2.75) is 12.6 Å². The lowest BCUT2D eigenvalue weighted by atomic mass is 10.2. The highest BCUT2D eigenvalue weighted by molar-refractivity contribution is 5.83. The highest BCUT2D eigenvalue weighted by Gasteiger charge is 2.32. The van der Waals surface area contributed by atoms with Crippen LogP contribution in [0.2, 0.25) is 0 Å². The van der Waals surface area contributed by atoms with Gasteiger partial charge in [0, 0.05) is 6.54 Å². The van der Waals surface area contributed by atoms with Gasteiger partial charge in [0.2, 0.25) is 11.8 Å². The normalized spacial score (nSPS) is 21.8. The minimum atomic E-state index is -0.987. The van der Waals surface area contributed by atoms with Crippen LogP contribution in [0.5, 0.6) is 0 Å². The smallest absolute Gasteiger partial charge is 0.322 e. The zero-order valence-corrected chi connectivity index (χ0v) is 8.29. The highest BCUT2D eigenvalue weighted by atomic mass is 16.5. The maximum absolute atomic E-state index is 11.2. The molecule has 1 aromatic rings. The Labute approximate surface area is 90.2 Å². The Morgan fingerprint density at radius 1 is 1.75 bits per heavy atom. The lowest BCUT2D eigenvalue weighted by molar-refractivity contribution is -0.146. The summed E-state index contributed by atoms with van der Waals surface area (Å²) in [7, 11) is 0. The van der Waals surface area contributed by atoms with Gasteiger partial charge in [0.25, 0.3) is 0 Å². The average molecular weight is 226 g/mol. The fourth-order valence-corrected chi connectivity index (χ4v) is 1.54. The molecule has 0 spiro atoms. The predicted molar refractivity (Wildman–Crippen MR) is 49.1 cm³/mol. The Balaban J connectivity index is 2.08. The van der Waals surface area contributed by atoms with Gasteiger partial charge >= 0.3 is 5.97 Å². The first-order chi connectivity index (χ1) is 7.66. The second-order valence-corrected chi connectivity index (χ2v) is 3.40. The van der Waals surface area contributed by atoms with Crippen molar-refractivity contribution < 1.29 is 19.2 Å². The molecule has 8 nitrogen and oxygen atoms in total. The zero-order valence-electron chi connectivity index (χ0n) is 8.29. The van der Waals surface area contributed by atoms with E-state index in [1.165, 1.54) is 11.2 Å². The summed E-state index contributed by atoms with van der Waals surface area (Å²) in [4.78, 5) is 27.4. The summed E-state index contributed by atoms with van der Waals surface area (Å²) in [6, 6.07) is -0.760. The summed E-state index contributed by atoms with van der Waals surface area (Å²) in [6.45, 7) is 0.256. The molecule has 2 rings (SSSR count). The Bertz CT molecular complexity index is 391. The number of nitrogens with one attached hydrogen (secondary N) is 1. The van der Waals surface area contributed by atoms with Crippen LogP contribution in [-0.4, -0.2) is 51.2 Å². The van der Waals surface area contributed by atoms with Crippen LogP contribution in [-0.2, 0) is 16.1 Å². The van der Waals surface area contributed by atoms with Gasteiger partial charge < -0.3 is 14.9 Å². The van der Waals surface area contributed by atoms with Crippen LogP contribution < -0.4 is 5.32 Å². The third-order valence-corrected chi connectivity index (χ3v) is 2.31. The standard InChI is InChI=1S/C8H10N4O4/c13-6-2-12(3-7-10-4-11-16-7)5(1-9-6)8(14)15/h4-5H,1-3H2,(H,9,13)(H,14,15). The number of aliphatic carboxylic acids is 1. The highest BCUT2D eigenvalue weighted by Crippen LogP contribution is 2.08. The molecule has 0 saturated carbocycles. The van der Waals surface area contributed by atoms with Gasteiger partial charge in [0.1, 0.15) is 6.04 Å². The van der Waals surface area contributed by atoms with E-state index in [0.717, 1.165) is 0 Å². The molecule has 1 aliphatic heterocycles. The Kier molecular flexibility index (Phi) is 2.82. The first-order valence-corrected chi connectivity index (χ1v) is 4.66. The van der Waals surface area contributed by atoms with E-state index in [1.54, 1.807) is 0 Å². The Morgan fingerprint density at radius 3 is 3.19 bits per heavy atom. The molecule has 16 heavy (non-hydrogen) atoms. The maximum atomic E-state index is 11.2. The molecule has 0 aromatic carbocycles. The van der Waals surface area contributed by atoms with E-state index in [0.29, 0.717) is 5.89 Å². The van der Waals surface area contributed by atoms with E-state index in [9.17, 15) is 9.59 Å². The number of aromatic nitrogens is 2. The van der Waals surface area contributed by atoms with Gasteiger partial charge in [-0.25, -0.2) is 0 Å². The van der Waals surface area contributed by atoms with Crippen LogP contribution in [0.4, 0.5) is 0 Å². The van der Waals surface area contributed by atoms with Crippen LogP contribution in [0.25, 0.3) is 0 Å². The molecular formula is C8H10N4O4. The van der Waals surface area contributed by atoms with Gasteiger partial charge in [-0.15, -0.1) is 0 Å². The van der Waals surface area contributed by atoms with Crippen molar-refractivity contribution >= 4 is 11.9 Å². The quantitative estimate of drug-likeness (QED) is 0.642.